The summed E-state index contributed by atoms with van der Waals surface area (Å²) in [5.41, 5.74) is 1.90. The molecule has 0 unspecified atom stereocenters. The van der Waals surface area contributed by atoms with E-state index in [1.165, 1.54) is 0 Å². The summed E-state index contributed by atoms with van der Waals surface area (Å²) in [6.07, 6.45) is 6.36. The summed E-state index contributed by atoms with van der Waals surface area (Å²) in [7, 11) is 0. The Morgan fingerprint density at radius 2 is 1.77 bits per heavy atom. The molecule has 3 rings (SSSR count). The second-order valence-corrected chi connectivity index (χ2v) is 5.79. The average Bonchev–Trinajstić information content (AvgIpc) is 2.63. The van der Waals surface area contributed by atoms with Crippen LogP contribution in [0.25, 0.3) is 0 Å². The fraction of sp³-hybridized carbons (Fsp3) is 0.389. The lowest BCUT2D eigenvalue weighted by Gasteiger charge is -2.37. The molecular weight excluding hydrogens is 272 g/mol. The molecule has 4 nitrogen and oxygen atoms in total. The first kappa shape index (κ1) is 14.5. The number of piperidine rings is 1. The second kappa shape index (κ2) is 6.15. The monoisotopic (exact) mass is 292 g/mol. The number of benzene rings is 1. The fourth-order valence-electron chi connectivity index (χ4n) is 3.00. The van der Waals surface area contributed by atoms with Crippen LogP contribution in [-0.2, 0) is 11.8 Å². The van der Waals surface area contributed by atoms with Crippen molar-refractivity contribution in [1.29, 1.82) is 5.26 Å². The zero-order valence-electron chi connectivity index (χ0n) is 12.9. The zero-order chi connectivity index (χ0) is 15.4. The Morgan fingerprint density at radius 1 is 1.14 bits per heavy atom. The molecule has 2 heterocycles. The number of hydrogen-bond donors (Lipinski definition) is 0. The molecule has 22 heavy (non-hydrogen) atoms. The summed E-state index contributed by atoms with van der Waals surface area (Å²) < 4.78 is 0. The SMILES string of the molecule is CCc1cnc(N2CCC(C#N)(c3ccccc3)CC2)nc1. The van der Waals surface area contributed by atoms with E-state index in [0.29, 0.717) is 0 Å². The minimum atomic E-state index is -0.374. The van der Waals surface area contributed by atoms with E-state index in [1.807, 2.05) is 30.6 Å². The summed E-state index contributed by atoms with van der Waals surface area (Å²) in [5.74, 6) is 0.775. The van der Waals surface area contributed by atoms with Gasteiger partial charge in [0.2, 0.25) is 5.95 Å². The Kier molecular flexibility index (Phi) is 4.06. The van der Waals surface area contributed by atoms with Gasteiger partial charge in [-0.1, -0.05) is 37.3 Å². The smallest absolute Gasteiger partial charge is 0.225 e. The predicted molar refractivity (Wildman–Crippen MR) is 86.6 cm³/mol. The van der Waals surface area contributed by atoms with E-state index < -0.39 is 0 Å². The molecule has 4 heteroatoms. The van der Waals surface area contributed by atoms with Crippen molar-refractivity contribution in [3.63, 3.8) is 0 Å². The summed E-state index contributed by atoms with van der Waals surface area (Å²) in [6, 6.07) is 12.7. The largest absolute Gasteiger partial charge is 0.341 e. The van der Waals surface area contributed by atoms with Crippen LogP contribution in [0.15, 0.2) is 42.7 Å². The number of aromatic nitrogens is 2. The minimum absolute atomic E-state index is 0.374. The maximum absolute atomic E-state index is 9.72. The van der Waals surface area contributed by atoms with Gasteiger partial charge in [-0.15, -0.1) is 0 Å². The lowest BCUT2D eigenvalue weighted by molar-refractivity contribution is 0.412. The van der Waals surface area contributed by atoms with Gasteiger partial charge in [-0.05, 0) is 30.4 Å². The number of nitrogens with zero attached hydrogens (tertiary/aromatic N) is 4. The number of rotatable bonds is 3. The van der Waals surface area contributed by atoms with Crippen molar-refractivity contribution in [2.45, 2.75) is 31.6 Å². The van der Waals surface area contributed by atoms with Crippen molar-refractivity contribution < 1.29 is 0 Å². The Labute approximate surface area is 131 Å². The zero-order valence-corrected chi connectivity index (χ0v) is 12.9. The van der Waals surface area contributed by atoms with Crippen molar-refractivity contribution in [2.75, 3.05) is 18.0 Å². The third kappa shape index (κ3) is 2.67. The van der Waals surface area contributed by atoms with Crippen molar-refractivity contribution in [3.05, 3.63) is 53.9 Å². The maximum atomic E-state index is 9.72. The Balaban J connectivity index is 1.75. The van der Waals surface area contributed by atoms with Gasteiger partial charge in [-0.3, -0.25) is 0 Å². The number of nitriles is 1. The molecule has 0 radical (unpaired) electrons. The molecule has 0 bridgehead atoms. The standard InChI is InChI=1S/C18H20N4/c1-2-15-12-20-17(21-13-15)22-10-8-18(14-19,9-11-22)16-6-4-3-5-7-16/h3-7,12-13H,2,8-11H2,1H3. The molecule has 1 aliphatic heterocycles. The molecule has 1 aromatic heterocycles. The van der Waals surface area contributed by atoms with E-state index >= 15 is 0 Å². The average molecular weight is 292 g/mol. The van der Waals surface area contributed by atoms with Gasteiger partial charge in [0.25, 0.3) is 0 Å². The topological polar surface area (TPSA) is 52.8 Å². The first-order valence-corrected chi connectivity index (χ1v) is 7.80. The van der Waals surface area contributed by atoms with E-state index in [1.54, 1.807) is 0 Å². The molecule has 2 aromatic rings. The van der Waals surface area contributed by atoms with Crippen molar-refractivity contribution in [3.8, 4) is 6.07 Å². The first-order valence-electron chi connectivity index (χ1n) is 7.80. The summed E-state index contributed by atoms with van der Waals surface area (Å²) in [6.45, 7) is 3.72. The van der Waals surface area contributed by atoms with Crippen LogP contribution in [-0.4, -0.2) is 23.1 Å². The molecule has 0 amide bonds. The second-order valence-electron chi connectivity index (χ2n) is 5.79. The van der Waals surface area contributed by atoms with Crippen LogP contribution in [0.1, 0.15) is 30.9 Å². The first-order chi connectivity index (χ1) is 10.8. The van der Waals surface area contributed by atoms with Crippen LogP contribution in [0.2, 0.25) is 0 Å². The van der Waals surface area contributed by atoms with Crippen LogP contribution in [0.5, 0.6) is 0 Å². The number of aryl methyl sites for hydroxylation is 1. The van der Waals surface area contributed by atoms with Crippen LogP contribution in [0, 0.1) is 11.3 Å². The lowest BCUT2D eigenvalue weighted by atomic mass is 9.74. The molecule has 1 saturated heterocycles. The van der Waals surface area contributed by atoms with Gasteiger partial charge in [0.05, 0.1) is 11.5 Å². The fourth-order valence-corrected chi connectivity index (χ4v) is 3.00. The van der Waals surface area contributed by atoms with Gasteiger partial charge < -0.3 is 4.90 Å². The Bertz CT molecular complexity index is 650. The third-order valence-electron chi connectivity index (χ3n) is 4.54. The highest BCUT2D eigenvalue weighted by Crippen LogP contribution is 2.35. The van der Waals surface area contributed by atoms with Gasteiger partial charge in [0.1, 0.15) is 0 Å². The summed E-state index contributed by atoms with van der Waals surface area (Å²) in [5, 5.41) is 9.72. The number of hydrogen-bond acceptors (Lipinski definition) is 4. The normalized spacial score (nSPS) is 17.0. The van der Waals surface area contributed by atoms with Crippen molar-refractivity contribution >= 4 is 5.95 Å². The van der Waals surface area contributed by atoms with Gasteiger partial charge in [-0.2, -0.15) is 5.26 Å². The molecular formula is C18H20N4. The van der Waals surface area contributed by atoms with Crippen LogP contribution in [0.3, 0.4) is 0 Å². The van der Waals surface area contributed by atoms with E-state index in [4.69, 9.17) is 0 Å². The van der Waals surface area contributed by atoms with Gasteiger partial charge in [0.15, 0.2) is 0 Å². The van der Waals surface area contributed by atoms with Crippen LogP contribution >= 0.6 is 0 Å². The van der Waals surface area contributed by atoms with Crippen molar-refractivity contribution in [1.82, 2.24) is 9.97 Å². The Morgan fingerprint density at radius 3 is 2.32 bits per heavy atom. The molecule has 0 saturated carbocycles. The number of anilines is 1. The molecule has 0 spiro atoms. The van der Waals surface area contributed by atoms with E-state index in [2.05, 4.69) is 40.0 Å². The summed E-state index contributed by atoms with van der Waals surface area (Å²) >= 11 is 0. The molecule has 1 fully saturated rings. The lowest BCUT2D eigenvalue weighted by Crippen LogP contribution is -2.42. The van der Waals surface area contributed by atoms with Gasteiger partial charge in [0, 0.05) is 25.5 Å². The highest BCUT2D eigenvalue weighted by molar-refractivity contribution is 5.38. The molecule has 0 aliphatic carbocycles. The molecule has 112 valence electrons. The van der Waals surface area contributed by atoms with Crippen LogP contribution in [0.4, 0.5) is 5.95 Å². The molecule has 0 N–H and O–H groups in total. The highest BCUT2D eigenvalue weighted by Gasteiger charge is 2.36. The molecule has 1 aliphatic rings. The van der Waals surface area contributed by atoms with E-state index in [0.717, 1.165) is 49.4 Å². The van der Waals surface area contributed by atoms with E-state index in [9.17, 15) is 5.26 Å². The van der Waals surface area contributed by atoms with Gasteiger partial charge in [-0.25, -0.2) is 9.97 Å². The van der Waals surface area contributed by atoms with Gasteiger partial charge >= 0.3 is 0 Å². The summed E-state index contributed by atoms with van der Waals surface area (Å²) in [4.78, 5) is 11.1. The highest BCUT2D eigenvalue weighted by atomic mass is 15.2. The quantitative estimate of drug-likeness (QED) is 0.872. The van der Waals surface area contributed by atoms with E-state index in [-0.39, 0.29) is 5.41 Å². The minimum Gasteiger partial charge on any atom is -0.341 e. The van der Waals surface area contributed by atoms with Crippen molar-refractivity contribution in [2.24, 2.45) is 0 Å². The molecule has 1 aromatic carbocycles. The third-order valence-corrected chi connectivity index (χ3v) is 4.54. The molecule has 0 atom stereocenters. The van der Waals surface area contributed by atoms with Crippen LogP contribution < -0.4 is 4.90 Å². The maximum Gasteiger partial charge on any atom is 0.225 e. The predicted octanol–water partition coefficient (Wildman–Crippen LogP) is 3.10. The Hall–Kier alpha value is -2.41.